The summed E-state index contributed by atoms with van der Waals surface area (Å²) in [6.45, 7) is 12.9. The summed E-state index contributed by atoms with van der Waals surface area (Å²) in [6.07, 6.45) is 2.23. The van der Waals surface area contributed by atoms with E-state index in [9.17, 15) is 0 Å². The van der Waals surface area contributed by atoms with Crippen LogP contribution in [0.2, 0.25) is 0 Å². The lowest BCUT2D eigenvalue weighted by atomic mass is 9.80. The first-order chi connectivity index (χ1) is 6.88. The molecule has 2 heteroatoms. The van der Waals surface area contributed by atoms with Gasteiger partial charge in [-0.1, -0.05) is 34.6 Å². The Hall–Kier alpha value is 0.250. The average molecular weight is 235 g/mol. The molecule has 0 aliphatic rings. The minimum Gasteiger partial charge on any atom is -0.381 e. The van der Waals surface area contributed by atoms with E-state index in [0.717, 1.165) is 37.9 Å². The molecule has 15 heavy (non-hydrogen) atoms. The summed E-state index contributed by atoms with van der Waals surface area (Å²) in [5.74, 6) is 2.02. The fourth-order valence-electron chi connectivity index (χ4n) is 1.39. The second-order valence-electron chi connectivity index (χ2n) is 5.80. The first kappa shape index (κ1) is 15.2. The zero-order valence-corrected chi connectivity index (χ0v) is 11.7. The molecule has 0 aromatic carbocycles. The van der Waals surface area contributed by atoms with E-state index in [2.05, 4.69) is 34.6 Å². The molecule has 0 saturated heterocycles. The second kappa shape index (κ2) is 7.51. The van der Waals surface area contributed by atoms with Gasteiger partial charge < -0.3 is 4.74 Å². The highest BCUT2D eigenvalue weighted by Crippen LogP contribution is 2.29. The minimum absolute atomic E-state index is 0.295. The van der Waals surface area contributed by atoms with Crippen molar-refractivity contribution in [2.75, 3.05) is 19.1 Å². The van der Waals surface area contributed by atoms with E-state index in [-0.39, 0.29) is 0 Å². The van der Waals surface area contributed by atoms with Crippen LogP contribution in [-0.2, 0) is 4.74 Å². The van der Waals surface area contributed by atoms with Crippen LogP contribution in [0.4, 0.5) is 0 Å². The normalized spacial score (nSPS) is 14.6. The van der Waals surface area contributed by atoms with Crippen LogP contribution in [0.15, 0.2) is 0 Å². The summed E-state index contributed by atoms with van der Waals surface area (Å²) in [5, 5.41) is 0. The fraction of sp³-hybridized carbons (Fsp3) is 1.00. The van der Waals surface area contributed by atoms with Crippen molar-refractivity contribution in [1.29, 1.82) is 0 Å². The molecule has 0 fully saturated rings. The first-order valence-electron chi connectivity index (χ1n) is 6.01. The molecule has 0 N–H and O–H groups in total. The zero-order chi connectivity index (χ0) is 11.9. The monoisotopic (exact) mass is 234 g/mol. The van der Waals surface area contributed by atoms with Crippen molar-refractivity contribution in [3.05, 3.63) is 0 Å². The summed E-state index contributed by atoms with van der Waals surface area (Å²) in [7, 11) is 0. The molecule has 92 valence electrons. The number of hydrogen-bond acceptors (Lipinski definition) is 1. The Labute approximate surface area is 101 Å². The molecule has 1 nitrogen and oxygen atoms in total. The van der Waals surface area contributed by atoms with Crippen molar-refractivity contribution >= 4 is 11.6 Å². The maximum Gasteiger partial charge on any atom is 0.0469 e. The Morgan fingerprint density at radius 2 is 1.60 bits per heavy atom. The summed E-state index contributed by atoms with van der Waals surface area (Å²) < 4.78 is 5.61. The van der Waals surface area contributed by atoms with E-state index in [0.29, 0.717) is 11.3 Å². The van der Waals surface area contributed by atoms with Gasteiger partial charge in [0, 0.05) is 19.1 Å². The Bertz CT molecular complexity index is 149. The number of rotatable bonds is 7. The Kier molecular flexibility index (Phi) is 7.64. The van der Waals surface area contributed by atoms with E-state index < -0.39 is 0 Å². The molecule has 0 aromatic rings. The Morgan fingerprint density at radius 3 is 2.00 bits per heavy atom. The summed E-state index contributed by atoms with van der Waals surface area (Å²) in [5.41, 5.74) is 0.295. The van der Waals surface area contributed by atoms with Gasteiger partial charge in [0.15, 0.2) is 0 Å². The highest BCUT2D eigenvalue weighted by Gasteiger charge is 2.23. The molecule has 0 amide bonds. The fourth-order valence-corrected chi connectivity index (χ4v) is 2.01. The highest BCUT2D eigenvalue weighted by molar-refractivity contribution is 6.18. The lowest BCUT2D eigenvalue weighted by Crippen LogP contribution is -2.23. The van der Waals surface area contributed by atoms with Crippen LogP contribution in [0.25, 0.3) is 0 Å². The molecule has 0 rings (SSSR count). The van der Waals surface area contributed by atoms with Crippen LogP contribution in [0.5, 0.6) is 0 Å². The lowest BCUT2D eigenvalue weighted by Gasteiger charge is -2.28. The SMILES string of the molecule is CC(C)CCOCCC(CCl)C(C)(C)C. The van der Waals surface area contributed by atoms with Crippen LogP contribution in [0.3, 0.4) is 0 Å². The third kappa shape index (κ3) is 8.10. The van der Waals surface area contributed by atoms with Gasteiger partial charge in [0.2, 0.25) is 0 Å². The third-order valence-corrected chi connectivity index (χ3v) is 3.23. The molecule has 0 aliphatic carbocycles. The predicted octanol–water partition coefficient (Wildman–Crippen LogP) is 4.34. The van der Waals surface area contributed by atoms with Gasteiger partial charge in [-0.05, 0) is 30.1 Å². The van der Waals surface area contributed by atoms with Crippen LogP contribution in [-0.4, -0.2) is 19.1 Å². The lowest BCUT2D eigenvalue weighted by molar-refractivity contribution is 0.0956. The van der Waals surface area contributed by atoms with Gasteiger partial charge in [0.1, 0.15) is 0 Å². The molecule has 0 heterocycles. The van der Waals surface area contributed by atoms with E-state index in [4.69, 9.17) is 16.3 Å². The van der Waals surface area contributed by atoms with E-state index in [1.165, 1.54) is 0 Å². The third-order valence-electron chi connectivity index (χ3n) is 2.86. The standard InChI is InChI=1S/C13H27ClO/c1-11(2)6-8-15-9-7-12(10-14)13(3,4)5/h11-12H,6-10H2,1-5H3. The minimum atomic E-state index is 0.295. The largest absolute Gasteiger partial charge is 0.381 e. The summed E-state index contributed by atoms with van der Waals surface area (Å²) >= 11 is 5.96. The predicted molar refractivity (Wildman–Crippen MR) is 68.6 cm³/mol. The van der Waals surface area contributed by atoms with E-state index in [1.54, 1.807) is 0 Å². The molecule has 1 atom stereocenters. The van der Waals surface area contributed by atoms with Crippen LogP contribution >= 0.6 is 11.6 Å². The topological polar surface area (TPSA) is 9.23 Å². The molecule has 0 saturated carbocycles. The maximum absolute atomic E-state index is 5.96. The van der Waals surface area contributed by atoms with Crippen LogP contribution in [0, 0.1) is 17.3 Å². The Morgan fingerprint density at radius 1 is 1.07 bits per heavy atom. The molecule has 0 spiro atoms. The van der Waals surface area contributed by atoms with Gasteiger partial charge >= 0.3 is 0 Å². The molecule has 0 aliphatic heterocycles. The van der Waals surface area contributed by atoms with Crippen molar-refractivity contribution < 1.29 is 4.74 Å². The molecule has 1 unspecified atom stereocenters. The Balaban J connectivity index is 3.56. The number of hydrogen-bond donors (Lipinski definition) is 0. The van der Waals surface area contributed by atoms with Crippen molar-refractivity contribution in [3.63, 3.8) is 0 Å². The van der Waals surface area contributed by atoms with Gasteiger partial charge in [0.25, 0.3) is 0 Å². The smallest absolute Gasteiger partial charge is 0.0469 e. The number of alkyl halides is 1. The number of halogens is 1. The second-order valence-corrected chi connectivity index (χ2v) is 6.11. The molecule has 0 radical (unpaired) electrons. The summed E-state index contributed by atoms with van der Waals surface area (Å²) in [4.78, 5) is 0. The van der Waals surface area contributed by atoms with E-state index in [1.807, 2.05) is 0 Å². The van der Waals surface area contributed by atoms with Gasteiger partial charge in [-0.25, -0.2) is 0 Å². The maximum atomic E-state index is 5.96. The zero-order valence-electron chi connectivity index (χ0n) is 11.0. The molecular formula is C13H27ClO. The summed E-state index contributed by atoms with van der Waals surface area (Å²) in [6, 6.07) is 0. The van der Waals surface area contributed by atoms with Crippen molar-refractivity contribution in [1.82, 2.24) is 0 Å². The van der Waals surface area contributed by atoms with Crippen LogP contribution in [0.1, 0.15) is 47.5 Å². The molecule has 0 bridgehead atoms. The van der Waals surface area contributed by atoms with Crippen LogP contribution < -0.4 is 0 Å². The molecule has 0 aromatic heterocycles. The van der Waals surface area contributed by atoms with Crippen molar-refractivity contribution in [2.45, 2.75) is 47.5 Å². The molecular weight excluding hydrogens is 208 g/mol. The highest BCUT2D eigenvalue weighted by atomic mass is 35.5. The average Bonchev–Trinajstić information content (AvgIpc) is 2.08. The quantitative estimate of drug-likeness (QED) is 0.470. The van der Waals surface area contributed by atoms with Gasteiger partial charge in [-0.15, -0.1) is 11.6 Å². The van der Waals surface area contributed by atoms with Gasteiger partial charge in [0.05, 0.1) is 0 Å². The van der Waals surface area contributed by atoms with Crippen molar-refractivity contribution in [2.24, 2.45) is 17.3 Å². The van der Waals surface area contributed by atoms with Gasteiger partial charge in [-0.3, -0.25) is 0 Å². The van der Waals surface area contributed by atoms with Crippen molar-refractivity contribution in [3.8, 4) is 0 Å². The van der Waals surface area contributed by atoms with E-state index >= 15 is 0 Å². The number of ether oxygens (including phenoxy) is 1. The first-order valence-corrected chi connectivity index (χ1v) is 6.55. The van der Waals surface area contributed by atoms with Gasteiger partial charge in [-0.2, -0.15) is 0 Å².